The van der Waals surface area contributed by atoms with Crippen LogP contribution in [0.4, 0.5) is 0 Å². The Bertz CT molecular complexity index is 143. The van der Waals surface area contributed by atoms with Gasteiger partial charge in [-0.15, -0.1) is 0 Å². The van der Waals surface area contributed by atoms with Crippen LogP contribution in [-0.2, 0) is 4.74 Å². The Morgan fingerprint density at radius 1 is 1.29 bits per heavy atom. The summed E-state index contributed by atoms with van der Waals surface area (Å²) in [5, 5.41) is 3.44. The largest absolute Gasteiger partial charge is 0.378 e. The van der Waals surface area contributed by atoms with Crippen molar-refractivity contribution in [2.75, 3.05) is 19.7 Å². The summed E-state index contributed by atoms with van der Waals surface area (Å²) in [5.74, 6) is 1.64. The van der Waals surface area contributed by atoms with Crippen molar-refractivity contribution in [3.05, 3.63) is 0 Å². The lowest BCUT2D eigenvalue weighted by atomic mass is 10.2. The highest BCUT2D eigenvalue weighted by Gasteiger charge is 2.21. The van der Waals surface area contributed by atoms with Gasteiger partial charge in [-0.2, -0.15) is 0 Å². The maximum atomic E-state index is 5.73. The maximum Gasteiger partial charge on any atom is 0.0559 e. The minimum atomic E-state index is 0.426. The molecule has 1 atom stereocenters. The van der Waals surface area contributed by atoms with E-state index in [2.05, 4.69) is 26.1 Å². The first kappa shape index (κ1) is 12.0. The van der Waals surface area contributed by atoms with E-state index < -0.39 is 0 Å². The molecule has 0 amide bonds. The number of ether oxygens (including phenoxy) is 1. The van der Waals surface area contributed by atoms with E-state index in [-0.39, 0.29) is 0 Å². The third kappa shape index (κ3) is 6.39. The molecule has 1 aliphatic carbocycles. The van der Waals surface area contributed by atoms with Crippen LogP contribution in [0.2, 0.25) is 0 Å². The Balaban J connectivity index is 1.83. The number of nitrogens with one attached hydrogen (secondary N) is 1. The molecule has 0 aliphatic heterocycles. The van der Waals surface area contributed by atoms with Crippen LogP contribution in [0, 0.1) is 11.8 Å². The number of rotatable bonds is 8. The third-order valence-corrected chi connectivity index (χ3v) is 2.59. The monoisotopic (exact) mass is 199 g/mol. The second-order valence-corrected chi connectivity index (χ2v) is 4.97. The van der Waals surface area contributed by atoms with Gasteiger partial charge in [0.25, 0.3) is 0 Å². The molecule has 0 saturated heterocycles. The Morgan fingerprint density at radius 3 is 2.57 bits per heavy atom. The van der Waals surface area contributed by atoms with Crippen molar-refractivity contribution in [1.82, 2.24) is 5.32 Å². The lowest BCUT2D eigenvalue weighted by Crippen LogP contribution is -2.24. The Hall–Kier alpha value is -0.0800. The molecule has 14 heavy (non-hydrogen) atoms. The summed E-state index contributed by atoms with van der Waals surface area (Å²) < 4.78 is 5.73. The third-order valence-electron chi connectivity index (χ3n) is 2.59. The molecule has 2 nitrogen and oxygen atoms in total. The van der Waals surface area contributed by atoms with Crippen molar-refractivity contribution >= 4 is 0 Å². The first-order chi connectivity index (χ1) is 6.68. The summed E-state index contributed by atoms with van der Waals surface area (Å²) in [7, 11) is 0. The molecule has 0 radical (unpaired) electrons. The fraction of sp³-hybridized carbons (Fsp3) is 1.00. The molecule has 2 heteroatoms. The van der Waals surface area contributed by atoms with Gasteiger partial charge in [-0.25, -0.2) is 0 Å². The predicted octanol–water partition coefficient (Wildman–Crippen LogP) is 2.44. The van der Waals surface area contributed by atoms with Gasteiger partial charge in [0.1, 0.15) is 0 Å². The summed E-state index contributed by atoms with van der Waals surface area (Å²) in [6.45, 7) is 9.85. The van der Waals surface area contributed by atoms with Gasteiger partial charge >= 0.3 is 0 Å². The topological polar surface area (TPSA) is 21.3 Å². The number of hydrogen-bond acceptors (Lipinski definition) is 2. The van der Waals surface area contributed by atoms with Gasteiger partial charge < -0.3 is 10.1 Å². The highest BCUT2D eigenvalue weighted by atomic mass is 16.5. The van der Waals surface area contributed by atoms with Gasteiger partial charge in [-0.05, 0) is 51.1 Å². The van der Waals surface area contributed by atoms with Gasteiger partial charge in [0, 0.05) is 6.61 Å². The average Bonchev–Trinajstić information content (AvgIpc) is 2.92. The molecule has 0 spiro atoms. The lowest BCUT2D eigenvalue weighted by molar-refractivity contribution is 0.0529. The fourth-order valence-electron chi connectivity index (χ4n) is 1.36. The summed E-state index contributed by atoms with van der Waals surface area (Å²) in [6, 6.07) is 0. The summed E-state index contributed by atoms with van der Waals surface area (Å²) in [5.41, 5.74) is 0. The van der Waals surface area contributed by atoms with Crippen molar-refractivity contribution in [2.24, 2.45) is 11.8 Å². The number of hydrogen-bond donors (Lipinski definition) is 1. The van der Waals surface area contributed by atoms with E-state index in [0.29, 0.717) is 6.10 Å². The Morgan fingerprint density at radius 2 is 2.00 bits per heavy atom. The van der Waals surface area contributed by atoms with Gasteiger partial charge in [-0.3, -0.25) is 0 Å². The van der Waals surface area contributed by atoms with Crippen LogP contribution < -0.4 is 5.32 Å². The predicted molar refractivity (Wildman–Crippen MR) is 60.5 cm³/mol. The first-order valence-corrected chi connectivity index (χ1v) is 6.00. The standard InChI is InChI=1S/C12H25NO/c1-10(2)8-13-7-6-11(3)14-9-12-4-5-12/h10-13H,4-9H2,1-3H3. The smallest absolute Gasteiger partial charge is 0.0559 e. The van der Waals surface area contributed by atoms with Crippen molar-refractivity contribution in [3.8, 4) is 0 Å². The molecule has 1 rings (SSSR count). The highest BCUT2D eigenvalue weighted by molar-refractivity contribution is 4.72. The molecule has 0 heterocycles. The van der Waals surface area contributed by atoms with Crippen LogP contribution in [0.5, 0.6) is 0 Å². The van der Waals surface area contributed by atoms with E-state index in [9.17, 15) is 0 Å². The normalized spacial score (nSPS) is 18.9. The summed E-state index contributed by atoms with van der Waals surface area (Å²) >= 11 is 0. The van der Waals surface area contributed by atoms with E-state index >= 15 is 0 Å². The second kappa shape index (κ2) is 6.41. The Labute approximate surface area is 88.4 Å². The molecule has 1 aliphatic rings. The minimum Gasteiger partial charge on any atom is -0.378 e. The lowest BCUT2D eigenvalue weighted by Gasteiger charge is -2.13. The molecular formula is C12H25NO. The van der Waals surface area contributed by atoms with Crippen LogP contribution in [-0.4, -0.2) is 25.8 Å². The average molecular weight is 199 g/mol. The summed E-state index contributed by atoms with van der Waals surface area (Å²) in [4.78, 5) is 0. The van der Waals surface area contributed by atoms with Gasteiger partial charge in [0.15, 0.2) is 0 Å². The maximum absolute atomic E-state index is 5.73. The zero-order chi connectivity index (χ0) is 10.4. The minimum absolute atomic E-state index is 0.426. The zero-order valence-electron chi connectivity index (χ0n) is 9.88. The first-order valence-electron chi connectivity index (χ1n) is 6.00. The van der Waals surface area contributed by atoms with Gasteiger partial charge in [0.2, 0.25) is 0 Å². The molecular weight excluding hydrogens is 174 g/mol. The summed E-state index contributed by atoms with van der Waals surface area (Å²) in [6.07, 6.45) is 4.34. The highest BCUT2D eigenvalue weighted by Crippen LogP contribution is 2.29. The Kier molecular flexibility index (Phi) is 5.49. The quantitative estimate of drug-likeness (QED) is 0.606. The SMILES string of the molecule is CC(C)CNCCC(C)OCC1CC1. The molecule has 1 fully saturated rings. The van der Waals surface area contributed by atoms with Crippen LogP contribution >= 0.6 is 0 Å². The molecule has 0 aromatic rings. The van der Waals surface area contributed by atoms with E-state index in [1.54, 1.807) is 0 Å². The van der Waals surface area contributed by atoms with E-state index in [1.165, 1.54) is 12.8 Å². The molecule has 0 bridgehead atoms. The van der Waals surface area contributed by atoms with Crippen molar-refractivity contribution in [3.63, 3.8) is 0 Å². The molecule has 1 saturated carbocycles. The molecule has 1 N–H and O–H groups in total. The molecule has 0 aromatic carbocycles. The van der Waals surface area contributed by atoms with Gasteiger partial charge in [0.05, 0.1) is 6.10 Å². The van der Waals surface area contributed by atoms with E-state index in [1.807, 2.05) is 0 Å². The fourth-order valence-corrected chi connectivity index (χ4v) is 1.36. The molecule has 1 unspecified atom stereocenters. The van der Waals surface area contributed by atoms with Crippen LogP contribution in [0.1, 0.15) is 40.0 Å². The van der Waals surface area contributed by atoms with E-state index in [0.717, 1.165) is 38.0 Å². The van der Waals surface area contributed by atoms with Crippen LogP contribution in [0.25, 0.3) is 0 Å². The van der Waals surface area contributed by atoms with Crippen LogP contribution in [0.15, 0.2) is 0 Å². The second-order valence-electron chi connectivity index (χ2n) is 4.97. The van der Waals surface area contributed by atoms with Gasteiger partial charge in [-0.1, -0.05) is 13.8 Å². The van der Waals surface area contributed by atoms with Crippen LogP contribution in [0.3, 0.4) is 0 Å². The van der Waals surface area contributed by atoms with Crippen molar-refractivity contribution in [1.29, 1.82) is 0 Å². The van der Waals surface area contributed by atoms with E-state index in [4.69, 9.17) is 4.74 Å². The molecule has 84 valence electrons. The molecule has 0 aromatic heterocycles. The zero-order valence-corrected chi connectivity index (χ0v) is 9.88. The van der Waals surface area contributed by atoms with Crippen molar-refractivity contribution < 1.29 is 4.74 Å². The van der Waals surface area contributed by atoms with Crippen molar-refractivity contribution in [2.45, 2.75) is 46.1 Å².